The van der Waals surface area contributed by atoms with Crippen LogP contribution >= 0.6 is 0 Å². The van der Waals surface area contributed by atoms with Gasteiger partial charge in [-0.05, 0) is 44.0 Å². The molecule has 31 heavy (non-hydrogen) atoms. The smallest absolute Gasteiger partial charge is 0.243 e. The zero-order valence-electron chi connectivity index (χ0n) is 17.8. The number of carbonyl (C=O) groups is 5. The SMILES string of the molecule is CCN(CC(=O)Nc1ccc(NC(C)=O)cc1)C(=O)CN1C(=O)C2CCCCC2C1=O. The van der Waals surface area contributed by atoms with Gasteiger partial charge >= 0.3 is 0 Å². The number of nitrogens with zero attached hydrogens (tertiary/aromatic N) is 2. The van der Waals surface area contributed by atoms with Crippen molar-refractivity contribution in [2.45, 2.75) is 39.5 Å². The highest BCUT2D eigenvalue weighted by molar-refractivity contribution is 6.07. The van der Waals surface area contributed by atoms with Crippen molar-refractivity contribution in [2.24, 2.45) is 11.8 Å². The van der Waals surface area contributed by atoms with Crippen molar-refractivity contribution in [3.8, 4) is 0 Å². The molecule has 0 aromatic heterocycles. The molecule has 1 saturated carbocycles. The standard InChI is InChI=1S/C22H28N4O5/c1-3-25(12-19(28)24-16-10-8-15(9-11-16)23-14(2)27)20(29)13-26-21(30)17-6-4-5-7-18(17)22(26)31/h8-11,17-18H,3-7,12-13H2,1-2H3,(H,23,27)(H,24,28). The van der Waals surface area contributed by atoms with Crippen molar-refractivity contribution >= 4 is 40.9 Å². The van der Waals surface area contributed by atoms with Crippen LogP contribution in [0.15, 0.2) is 24.3 Å². The summed E-state index contributed by atoms with van der Waals surface area (Å²) in [5, 5.41) is 5.34. The summed E-state index contributed by atoms with van der Waals surface area (Å²) in [6.45, 7) is 2.91. The number of likely N-dealkylation sites (N-methyl/N-ethyl adjacent to an activating group) is 1. The normalized spacial score (nSPS) is 20.3. The lowest BCUT2D eigenvalue weighted by molar-refractivity contribution is -0.146. The second-order valence-corrected chi connectivity index (χ2v) is 7.97. The Labute approximate surface area is 181 Å². The van der Waals surface area contributed by atoms with Crippen LogP contribution in [0.5, 0.6) is 0 Å². The van der Waals surface area contributed by atoms with Gasteiger partial charge < -0.3 is 15.5 Å². The number of likely N-dealkylation sites (tertiary alicyclic amines) is 1. The van der Waals surface area contributed by atoms with Crippen LogP contribution in [0.4, 0.5) is 11.4 Å². The molecule has 9 nitrogen and oxygen atoms in total. The van der Waals surface area contributed by atoms with Gasteiger partial charge in [0.25, 0.3) is 0 Å². The maximum atomic E-state index is 12.7. The monoisotopic (exact) mass is 428 g/mol. The number of carbonyl (C=O) groups excluding carboxylic acids is 5. The van der Waals surface area contributed by atoms with Crippen molar-refractivity contribution in [3.63, 3.8) is 0 Å². The molecule has 0 spiro atoms. The summed E-state index contributed by atoms with van der Waals surface area (Å²) in [6.07, 6.45) is 3.24. The third-order valence-electron chi connectivity index (χ3n) is 5.78. The van der Waals surface area contributed by atoms with Crippen LogP contribution in [0.1, 0.15) is 39.5 Å². The van der Waals surface area contributed by atoms with Gasteiger partial charge in [0, 0.05) is 24.8 Å². The third kappa shape index (κ3) is 5.28. The van der Waals surface area contributed by atoms with E-state index in [2.05, 4.69) is 10.6 Å². The van der Waals surface area contributed by atoms with Crippen molar-refractivity contribution in [2.75, 3.05) is 30.3 Å². The number of fused-ring (bicyclic) bond motifs is 1. The molecule has 2 aliphatic rings. The van der Waals surface area contributed by atoms with E-state index in [1.54, 1.807) is 31.2 Å². The predicted octanol–water partition coefficient (Wildman–Crippen LogP) is 1.61. The highest BCUT2D eigenvalue weighted by Gasteiger charge is 2.48. The second-order valence-electron chi connectivity index (χ2n) is 7.97. The molecule has 1 aliphatic heterocycles. The highest BCUT2D eigenvalue weighted by Crippen LogP contribution is 2.37. The molecular weight excluding hydrogens is 400 g/mol. The molecule has 1 aromatic carbocycles. The topological polar surface area (TPSA) is 116 Å². The number of nitrogens with one attached hydrogen (secondary N) is 2. The fourth-order valence-electron chi connectivity index (χ4n) is 4.21. The Morgan fingerprint density at radius 2 is 1.48 bits per heavy atom. The van der Waals surface area contributed by atoms with Crippen LogP contribution < -0.4 is 10.6 Å². The Morgan fingerprint density at radius 1 is 0.968 bits per heavy atom. The van der Waals surface area contributed by atoms with Gasteiger partial charge in [-0.3, -0.25) is 28.9 Å². The van der Waals surface area contributed by atoms with Crippen LogP contribution in [-0.4, -0.2) is 59.0 Å². The van der Waals surface area contributed by atoms with E-state index in [0.717, 1.165) is 17.7 Å². The first kappa shape index (κ1) is 22.5. The molecule has 1 aromatic rings. The first-order valence-corrected chi connectivity index (χ1v) is 10.6. The van der Waals surface area contributed by atoms with E-state index in [1.165, 1.54) is 11.8 Å². The fourth-order valence-corrected chi connectivity index (χ4v) is 4.21. The molecule has 2 fully saturated rings. The van der Waals surface area contributed by atoms with Crippen molar-refractivity contribution in [3.05, 3.63) is 24.3 Å². The summed E-state index contributed by atoms with van der Waals surface area (Å²) >= 11 is 0. The van der Waals surface area contributed by atoms with Gasteiger partial charge in [0.05, 0.1) is 18.4 Å². The van der Waals surface area contributed by atoms with Gasteiger partial charge in [-0.25, -0.2) is 0 Å². The second kappa shape index (κ2) is 9.72. The van der Waals surface area contributed by atoms with Crippen LogP contribution in [-0.2, 0) is 24.0 Å². The van der Waals surface area contributed by atoms with Gasteiger partial charge in [-0.1, -0.05) is 12.8 Å². The van der Waals surface area contributed by atoms with E-state index in [4.69, 9.17) is 0 Å². The number of benzene rings is 1. The molecule has 5 amide bonds. The van der Waals surface area contributed by atoms with E-state index in [-0.39, 0.29) is 49.2 Å². The zero-order chi connectivity index (χ0) is 22.5. The van der Waals surface area contributed by atoms with E-state index in [0.29, 0.717) is 24.2 Å². The number of amides is 5. The molecule has 2 N–H and O–H groups in total. The average molecular weight is 428 g/mol. The van der Waals surface area contributed by atoms with Crippen molar-refractivity contribution in [1.82, 2.24) is 9.80 Å². The number of hydrogen-bond donors (Lipinski definition) is 2. The average Bonchev–Trinajstić information content (AvgIpc) is 2.98. The fraction of sp³-hybridized carbons (Fsp3) is 0.500. The molecule has 1 saturated heterocycles. The van der Waals surface area contributed by atoms with Crippen LogP contribution in [0.2, 0.25) is 0 Å². The minimum atomic E-state index is -0.431. The predicted molar refractivity (Wildman–Crippen MR) is 114 cm³/mol. The Balaban J connectivity index is 1.55. The van der Waals surface area contributed by atoms with Gasteiger partial charge in [-0.15, -0.1) is 0 Å². The highest BCUT2D eigenvalue weighted by atomic mass is 16.2. The minimum Gasteiger partial charge on any atom is -0.332 e. The van der Waals surface area contributed by atoms with E-state index in [1.807, 2.05) is 0 Å². The molecule has 166 valence electrons. The quantitative estimate of drug-likeness (QED) is 0.640. The first-order chi connectivity index (χ1) is 14.8. The summed E-state index contributed by atoms with van der Waals surface area (Å²) in [5.74, 6) is -2.14. The number of hydrogen-bond acceptors (Lipinski definition) is 5. The molecule has 9 heteroatoms. The van der Waals surface area contributed by atoms with Crippen molar-refractivity contribution < 1.29 is 24.0 Å². The molecule has 0 bridgehead atoms. The van der Waals surface area contributed by atoms with Crippen LogP contribution in [0, 0.1) is 11.8 Å². The summed E-state index contributed by atoms with van der Waals surface area (Å²) in [4.78, 5) is 63.8. The summed E-state index contributed by atoms with van der Waals surface area (Å²) < 4.78 is 0. The third-order valence-corrected chi connectivity index (χ3v) is 5.78. The Bertz CT molecular complexity index is 858. The Morgan fingerprint density at radius 3 is 1.97 bits per heavy atom. The Kier molecular flexibility index (Phi) is 7.04. The van der Waals surface area contributed by atoms with Gasteiger partial charge in [0.2, 0.25) is 29.5 Å². The van der Waals surface area contributed by atoms with Crippen LogP contribution in [0.3, 0.4) is 0 Å². The largest absolute Gasteiger partial charge is 0.332 e. The van der Waals surface area contributed by atoms with Crippen molar-refractivity contribution in [1.29, 1.82) is 0 Å². The van der Waals surface area contributed by atoms with E-state index >= 15 is 0 Å². The van der Waals surface area contributed by atoms with Gasteiger partial charge in [0.1, 0.15) is 6.54 Å². The lowest BCUT2D eigenvalue weighted by Crippen LogP contribution is -2.45. The lowest BCUT2D eigenvalue weighted by Gasteiger charge is -2.23. The maximum absolute atomic E-state index is 12.7. The zero-order valence-corrected chi connectivity index (χ0v) is 17.8. The number of imide groups is 1. The summed E-state index contributed by atoms with van der Waals surface area (Å²) in [6, 6.07) is 6.60. The maximum Gasteiger partial charge on any atom is 0.243 e. The van der Waals surface area contributed by atoms with E-state index in [9.17, 15) is 24.0 Å². The number of rotatable bonds is 7. The Hall–Kier alpha value is -3.23. The van der Waals surface area contributed by atoms with Crippen LogP contribution in [0.25, 0.3) is 0 Å². The lowest BCUT2D eigenvalue weighted by atomic mass is 9.81. The van der Waals surface area contributed by atoms with Gasteiger partial charge in [-0.2, -0.15) is 0 Å². The molecule has 3 rings (SSSR count). The molecule has 1 aliphatic carbocycles. The van der Waals surface area contributed by atoms with E-state index < -0.39 is 11.8 Å². The molecule has 2 unspecified atom stereocenters. The first-order valence-electron chi connectivity index (χ1n) is 10.6. The molecule has 0 radical (unpaired) electrons. The number of anilines is 2. The molecule has 1 heterocycles. The summed E-state index contributed by atoms with van der Waals surface area (Å²) in [5.41, 5.74) is 1.13. The van der Waals surface area contributed by atoms with Gasteiger partial charge in [0.15, 0.2) is 0 Å². The molecular formula is C22H28N4O5. The minimum absolute atomic E-state index is 0.189. The summed E-state index contributed by atoms with van der Waals surface area (Å²) in [7, 11) is 0. The molecule has 2 atom stereocenters.